The van der Waals surface area contributed by atoms with Crippen LogP contribution in [0.2, 0.25) is 0 Å². The number of imide groups is 1. The lowest BCUT2D eigenvalue weighted by Gasteiger charge is -2.29. The number of urea groups is 1. The molecule has 0 aromatic heterocycles. The van der Waals surface area contributed by atoms with Crippen molar-refractivity contribution in [3.05, 3.63) is 35.4 Å². The molecule has 3 N–H and O–H groups in total. The molecule has 1 heterocycles. The Balaban J connectivity index is 1.64. The monoisotopic (exact) mass is 393 g/mol. The van der Waals surface area contributed by atoms with Crippen LogP contribution >= 0.6 is 0 Å². The van der Waals surface area contributed by atoms with Crippen molar-refractivity contribution >= 4 is 17.8 Å². The average Bonchev–Trinajstić information content (AvgIpc) is 3.38. The zero-order valence-electron chi connectivity index (χ0n) is 16.2. The van der Waals surface area contributed by atoms with Gasteiger partial charge >= 0.3 is 6.03 Å². The summed E-state index contributed by atoms with van der Waals surface area (Å²) in [5.74, 6) is -3.57. The second-order valence-corrected chi connectivity index (χ2v) is 8.48. The van der Waals surface area contributed by atoms with E-state index in [9.17, 15) is 23.2 Å². The number of alkyl halides is 2. The first-order valence-corrected chi connectivity index (χ1v) is 9.33. The molecule has 0 unspecified atom stereocenters. The number of benzene rings is 1. The quantitative estimate of drug-likeness (QED) is 0.622. The number of rotatable bonds is 7. The van der Waals surface area contributed by atoms with Gasteiger partial charge in [0.25, 0.3) is 11.8 Å². The van der Waals surface area contributed by atoms with Gasteiger partial charge in [0, 0.05) is 17.9 Å². The van der Waals surface area contributed by atoms with Crippen molar-refractivity contribution in [1.82, 2.24) is 16.0 Å². The van der Waals surface area contributed by atoms with Gasteiger partial charge in [-0.2, -0.15) is 0 Å². The van der Waals surface area contributed by atoms with Gasteiger partial charge in [-0.3, -0.25) is 14.9 Å². The summed E-state index contributed by atoms with van der Waals surface area (Å²) >= 11 is 0. The van der Waals surface area contributed by atoms with Crippen molar-refractivity contribution in [2.75, 3.05) is 6.54 Å². The molecule has 0 radical (unpaired) electrons. The van der Waals surface area contributed by atoms with E-state index in [2.05, 4.69) is 16.0 Å². The number of halogens is 2. The maximum Gasteiger partial charge on any atom is 0.322 e. The summed E-state index contributed by atoms with van der Waals surface area (Å²) in [6, 6.07) is 5.38. The van der Waals surface area contributed by atoms with Crippen LogP contribution in [0.15, 0.2) is 24.3 Å². The predicted octanol–water partition coefficient (Wildman–Crippen LogP) is 2.47. The third-order valence-electron chi connectivity index (χ3n) is 5.49. The van der Waals surface area contributed by atoms with E-state index < -0.39 is 28.8 Å². The summed E-state index contributed by atoms with van der Waals surface area (Å²) < 4.78 is 26.7. The van der Waals surface area contributed by atoms with E-state index in [1.807, 2.05) is 0 Å². The van der Waals surface area contributed by atoms with Gasteiger partial charge in [0.05, 0.1) is 6.54 Å². The molecule has 1 aliphatic carbocycles. The van der Waals surface area contributed by atoms with Gasteiger partial charge < -0.3 is 10.6 Å². The lowest BCUT2D eigenvalue weighted by atomic mass is 9.84. The first-order valence-electron chi connectivity index (χ1n) is 9.33. The number of carbonyl (C=O) groups excluding carboxylic acids is 3. The van der Waals surface area contributed by atoms with E-state index >= 15 is 0 Å². The maximum absolute atomic E-state index is 13.3. The van der Waals surface area contributed by atoms with Crippen LogP contribution in [-0.4, -0.2) is 29.9 Å². The van der Waals surface area contributed by atoms with E-state index in [0.29, 0.717) is 6.42 Å². The Morgan fingerprint density at radius 1 is 1.18 bits per heavy atom. The van der Waals surface area contributed by atoms with Gasteiger partial charge in [-0.05, 0) is 30.7 Å². The van der Waals surface area contributed by atoms with Gasteiger partial charge in [0.1, 0.15) is 5.54 Å². The molecular weight excluding hydrogens is 368 g/mol. The summed E-state index contributed by atoms with van der Waals surface area (Å²) in [7, 11) is 0. The highest BCUT2D eigenvalue weighted by molar-refractivity contribution is 6.07. The Hall–Kier alpha value is -2.51. The SMILES string of the molecule is CC(C)(Cc1ccc(C(C)(F)F)cc1)C(=O)NC[C@@]1(C2CC2)NC(=O)NC1=O. The van der Waals surface area contributed by atoms with Crippen molar-refractivity contribution in [1.29, 1.82) is 0 Å². The number of hydrogen-bond donors (Lipinski definition) is 3. The Labute approximate surface area is 162 Å². The number of carbonyl (C=O) groups is 3. The third-order valence-corrected chi connectivity index (χ3v) is 5.49. The van der Waals surface area contributed by atoms with Crippen LogP contribution in [0.5, 0.6) is 0 Å². The third kappa shape index (κ3) is 4.00. The van der Waals surface area contributed by atoms with Crippen molar-refractivity contribution < 1.29 is 23.2 Å². The van der Waals surface area contributed by atoms with Crippen LogP contribution in [-0.2, 0) is 21.9 Å². The normalized spacial score (nSPS) is 22.6. The molecular formula is C20H25F2N3O3. The zero-order valence-corrected chi connectivity index (χ0v) is 16.2. The fourth-order valence-corrected chi connectivity index (χ4v) is 3.60. The van der Waals surface area contributed by atoms with Crippen LogP contribution in [0, 0.1) is 11.3 Å². The number of amides is 4. The largest absolute Gasteiger partial charge is 0.353 e. The van der Waals surface area contributed by atoms with E-state index in [0.717, 1.165) is 25.3 Å². The van der Waals surface area contributed by atoms with Crippen molar-refractivity contribution in [3.8, 4) is 0 Å². The summed E-state index contributed by atoms with van der Waals surface area (Å²) in [6.07, 6.45) is 1.99. The maximum atomic E-state index is 13.3. The molecule has 1 saturated carbocycles. The van der Waals surface area contributed by atoms with Crippen LogP contribution in [0.25, 0.3) is 0 Å². The van der Waals surface area contributed by atoms with Gasteiger partial charge in [0.15, 0.2) is 0 Å². The Kier molecular flexibility index (Phi) is 4.93. The minimum absolute atomic E-state index is 0.0191. The predicted molar refractivity (Wildman–Crippen MR) is 98.6 cm³/mol. The molecule has 4 amide bonds. The van der Waals surface area contributed by atoms with Crippen molar-refractivity contribution in [3.63, 3.8) is 0 Å². The molecule has 152 valence electrons. The lowest BCUT2D eigenvalue weighted by Crippen LogP contribution is -2.58. The highest BCUT2D eigenvalue weighted by Crippen LogP contribution is 2.41. The topological polar surface area (TPSA) is 87.3 Å². The molecule has 1 aromatic carbocycles. The summed E-state index contributed by atoms with van der Waals surface area (Å²) in [4.78, 5) is 36.6. The minimum Gasteiger partial charge on any atom is -0.353 e. The average molecular weight is 393 g/mol. The summed E-state index contributed by atoms with van der Waals surface area (Å²) in [5, 5.41) is 7.72. The van der Waals surface area contributed by atoms with Crippen molar-refractivity contribution in [2.24, 2.45) is 11.3 Å². The molecule has 2 aliphatic rings. The molecule has 3 rings (SSSR count). The molecule has 2 fully saturated rings. The Morgan fingerprint density at radius 3 is 2.25 bits per heavy atom. The molecule has 0 bridgehead atoms. The Bertz CT molecular complexity index is 798. The molecule has 1 aromatic rings. The van der Waals surface area contributed by atoms with E-state index in [4.69, 9.17) is 0 Å². The highest BCUT2D eigenvalue weighted by Gasteiger charge is 2.56. The molecule has 1 saturated heterocycles. The van der Waals surface area contributed by atoms with E-state index in [1.54, 1.807) is 26.0 Å². The lowest BCUT2D eigenvalue weighted by molar-refractivity contribution is -0.130. The Morgan fingerprint density at radius 2 is 1.79 bits per heavy atom. The van der Waals surface area contributed by atoms with Gasteiger partial charge in [-0.15, -0.1) is 0 Å². The van der Waals surface area contributed by atoms with Crippen LogP contribution in [0.4, 0.5) is 13.6 Å². The molecule has 28 heavy (non-hydrogen) atoms. The van der Waals surface area contributed by atoms with E-state index in [-0.39, 0.29) is 23.9 Å². The van der Waals surface area contributed by atoms with Crippen LogP contribution < -0.4 is 16.0 Å². The standard InChI is InChI=1S/C20H25F2N3O3/c1-18(2,10-12-4-6-13(7-5-12)19(3,21)22)15(26)23-11-20(14-8-9-14)16(27)24-17(28)25-20/h4-7,14H,8-11H2,1-3H3,(H,23,26)(H2,24,25,27,28)/t20-/m0/s1. The number of hydrogen-bond acceptors (Lipinski definition) is 3. The van der Waals surface area contributed by atoms with Gasteiger partial charge in [-0.1, -0.05) is 38.1 Å². The fourth-order valence-electron chi connectivity index (χ4n) is 3.60. The van der Waals surface area contributed by atoms with Gasteiger partial charge in [-0.25, -0.2) is 13.6 Å². The second kappa shape index (κ2) is 6.83. The second-order valence-electron chi connectivity index (χ2n) is 8.48. The van der Waals surface area contributed by atoms with Crippen LogP contribution in [0.3, 0.4) is 0 Å². The molecule has 6 nitrogen and oxygen atoms in total. The summed E-state index contributed by atoms with van der Waals surface area (Å²) in [5.41, 5.74) is -1.22. The first kappa shape index (κ1) is 20.2. The fraction of sp³-hybridized carbons (Fsp3) is 0.550. The molecule has 1 aliphatic heterocycles. The molecule has 8 heteroatoms. The molecule has 0 spiro atoms. The van der Waals surface area contributed by atoms with E-state index in [1.165, 1.54) is 12.1 Å². The summed E-state index contributed by atoms with van der Waals surface area (Å²) in [6.45, 7) is 4.37. The van der Waals surface area contributed by atoms with Gasteiger partial charge in [0.2, 0.25) is 5.91 Å². The minimum atomic E-state index is -2.91. The molecule has 1 atom stereocenters. The number of nitrogens with one attached hydrogen (secondary N) is 3. The first-order chi connectivity index (χ1) is 12.9. The van der Waals surface area contributed by atoms with Crippen LogP contribution in [0.1, 0.15) is 44.7 Å². The smallest absolute Gasteiger partial charge is 0.322 e. The zero-order chi connectivity index (χ0) is 20.7. The highest BCUT2D eigenvalue weighted by atomic mass is 19.3. The van der Waals surface area contributed by atoms with Crippen molar-refractivity contribution in [2.45, 2.75) is 51.5 Å².